The van der Waals surface area contributed by atoms with Crippen LogP contribution in [0.15, 0.2) is 30.3 Å². The number of aryl methyl sites for hydroxylation is 2. The predicted octanol–water partition coefficient (Wildman–Crippen LogP) is 5.22. The van der Waals surface area contributed by atoms with Crippen LogP contribution in [0.4, 0.5) is 0 Å². The van der Waals surface area contributed by atoms with Crippen molar-refractivity contribution in [1.82, 2.24) is 4.98 Å². The van der Waals surface area contributed by atoms with Crippen molar-refractivity contribution >= 4 is 11.6 Å². The molecule has 1 heterocycles. The number of hydrogen-bond acceptors (Lipinski definition) is 2. The lowest BCUT2D eigenvalue weighted by Gasteiger charge is -2.11. The molecule has 0 fully saturated rings. The zero-order valence-electron chi connectivity index (χ0n) is 12.5. The van der Waals surface area contributed by atoms with Gasteiger partial charge in [-0.2, -0.15) is 0 Å². The summed E-state index contributed by atoms with van der Waals surface area (Å²) in [4.78, 5) is 4.59. The summed E-state index contributed by atoms with van der Waals surface area (Å²) in [5.74, 6) is 2.33. The fraction of sp³-hybridized carbons (Fsp3) is 0.389. The van der Waals surface area contributed by atoms with Crippen LogP contribution in [0.1, 0.15) is 48.6 Å². The molecule has 2 nitrogen and oxygen atoms in total. The Morgan fingerprint density at radius 1 is 1.14 bits per heavy atom. The Morgan fingerprint density at radius 3 is 2.71 bits per heavy atom. The summed E-state index contributed by atoms with van der Waals surface area (Å²) in [7, 11) is 0. The monoisotopic (exact) mass is 301 g/mol. The SMILES string of the molecule is CC(C)c1cc(CCl)cc(Oc2ccc3c(c2)CCC3)n1. The second kappa shape index (κ2) is 6.07. The molecule has 0 saturated carbocycles. The third kappa shape index (κ3) is 3.21. The summed E-state index contributed by atoms with van der Waals surface area (Å²) in [5.41, 5.74) is 4.92. The average molecular weight is 302 g/mol. The number of fused-ring (bicyclic) bond motifs is 1. The van der Waals surface area contributed by atoms with Crippen LogP contribution in [0.5, 0.6) is 11.6 Å². The highest BCUT2D eigenvalue weighted by Gasteiger charge is 2.12. The molecule has 21 heavy (non-hydrogen) atoms. The molecule has 0 aliphatic heterocycles. The summed E-state index contributed by atoms with van der Waals surface area (Å²) >= 11 is 5.97. The molecule has 0 radical (unpaired) electrons. The molecular weight excluding hydrogens is 282 g/mol. The van der Waals surface area contributed by atoms with Crippen molar-refractivity contribution in [2.75, 3.05) is 0 Å². The molecule has 2 aromatic rings. The fourth-order valence-electron chi connectivity index (χ4n) is 2.74. The van der Waals surface area contributed by atoms with Crippen molar-refractivity contribution in [3.63, 3.8) is 0 Å². The van der Waals surface area contributed by atoms with Gasteiger partial charge in [-0.15, -0.1) is 11.6 Å². The molecule has 0 spiro atoms. The Bertz CT molecular complexity index is 652. The van der Waals surface area contributed by atoms with Crippen LogP contribution in [0.2, 0.25) is 0 Å². The van der Waals surface area contributed by atoms with Crippen LogP contribution in [0.25, 0.3) is 0 Å². The van der Waals surface area contributed by atoms with Crippen molar-refractivity contribution in [3.05, 3.63) is 52.7 Å². The Kier molecular flexibility index (Phi) is 4.16. The molecule has 110 valence electrons. The number of hydrogen-bond donors (Lipinski definition) is 0. The third-order valence-corrected chi connectivity index (χ3v) is 4.23. The minimum absolute atomic E-state index is 0.357. The number of rotatable bonds is 4. The average Bonchev–Trinajstić information content (AvgIpc) is 2.94. The largest absolute Gasteiger partial charge is 0.439 e. The molecule has 3 heteroatoms. The number of halogens is 1. The zero-order valence-corrected chi connectivity index (χ0v) is 13.3. The van der Waals surface area contributed by atoms with Gasteiger partial charge in [-0.3, -0.25) is 0 Å². The number of nitrogens with zero attached hydrogens (tertiary/aromatic N) is 1. The first-order chi connectivity index (χ1) is 10.2. The lowest BCUT2D eigenvalue weighted by Crippen LogP contribution is -1.98. The Labute approximate surface area is 131 Å². The van der Waals surface area contributed by atoms with Crippen LogP contribution in [0.3, 0.4) is 0 Å². The number of pyridine rings is 1. The van der Waals surface area contributed by atoms with Crippen molar-refractivity contribution in [2.45, 2.75) is 44.9 Å². The molecule has 0 unspecified atom stereocenters. The van der Waals surface area contributed by atoms with Crippen molar-refractivity contribution in [1.29, 1.82) is 0 Å². The van der Waals surface area contributed by atoms with Crippen LogP contribution in [-0.4, -0.2) is 4.98 Å². The van der Waals surface area contributed by atoms with E-state index >= 15 is 0 Å². The Balaban J connectivity index is 1.88. The highest BCUT2D eigenvalue weighted by Crippen LogP contribution is 2.29. The lowest BCUT2D eigenvalue weighted by atomic mass is 10.1. The maximum Gasteiger partial charge on any atom is 0.219 e. The first kappa shape index (κ1) is 14.4. The van der Waals surface area contributed by atoms with E-state index in [1.54, 1.807) is 0 Å². The van der Waals surface area contributed by atoms with E-state index in [2.05, 4.69) is 31.0 Å². The summed E-state index contributed by atoms with van der Waals surface area (Å²) < 4.78 is 5.97. The van der Waals surface area contributed by atoms with Gasteiger partial charge in [0.25, 0.3) is 0 Å². The van der Waals surface area contributed by atoms with Gasteiger partial charge in [0, 0.05) is 17.6 Å². The van der Waals surface area contributed by atoms with E-state index < -0.39 is 0 Å². The normalized spacial score (nSPS) is 13.5. The van der Waals surface area contributed by atoms with Crippen LogP contribution < -0.4 is 4.74 Å². The van der Waals surface area contributed by atoms with Gasteiger partial charge in [0.1, 0.15) is 5.75 Å². The van der Waals surface area contributed by atoms with Gasteiger partial charge in [-0.05, 0) is 60.1 Å². The molecule has 3 rings (SSSR count). The fourth-order valence-corrected chi connectivity index (χ4v) is 2.89. The van der Waals surface area contributed by atoms with Gasteiger partial charge in [-0.1, -0.05) is 19.9 Å². The van der Waals surface area contributed by atoms with Crippen molar-refractivity contribution in [3.8, 4) is 11.6 Å². The number of ether oxygens (including phenoxy) is 1. The summed E-state index contributed by atoms with van der Waals surface area (Å²) in [6.45, 7) is 4.25. The molecule has 1 aliphatic rings. The van der Waals surface area contributed by atoms with E-state index in [0.717, 1.165) is 23.4 Å². The highest BCUT2D eigenvalue weighted by atomic mass is 35.5. The quantitative estimate of drug-likeness (QED) is 0.722. The third-order valence-electron chi connectivity index (χ3n) is 3.92. The van der Waals surface area contributed by atoms with Gasteiger partial charge in [0.15, 0.2) is 0 Å². The summed E-state index contributed by atoms with van der Waals surface area (Å²) in [5, 5.41) is 0. The van der Waals surface area contributed by atoms with Crippen LogP contribution in [-0.2, 0) is 18.7 Å². The molecule has 0 atom stereocenters. The predicted molar refractivity (Wildman–Crippen MR) is 86.4 cm³/mol. The lowest BCUT2D eigenvalue weighted by molar-refractivity contribution is 0.458. The van der Waals surface area contributed by atoms with Gasteiger partial charge in [-0.25, -0.2) is 4.98 Å². The summed E-state index contributed by atoms with van der Waals surface area (Å²) in [6, 6.07) is 10.3. The first-order valence-electron chi connectivity index (χ1n) is 7.52. The van der Waals surface area contributed by atoms with Crippen LogP contribution >= 0.6 is 11.6 Å². The maximum atomic E-state index is 5.97. The van der Waals surface area contributed by atoms with E-state index in [0.29, 0.717) is 17.7 Å². The molecule has 0 bridgehead atoms. The smallest absolute Gasteiger partial charge is 0.219 e. The van der Waals surface area contributed by atoms with E-state index in [-0.39, 0.29) is 0 Å². The molecule has 0 amide bonds. The van der Waals surface area contributed by atoms with Crippen LogP contribution in [0, 0.1) is 0 Å². The molecular formula is C18H20ClNO. The Hall–Kier alpha value is -1.54. The van der Waals surface area contributed by atoms with E-state index in [1.165, 1.54) is 24.0 Å². The number of alkyl halides is 1. The maximum absolute atomic E-state index is 5.97. The van der Waals surface area contributed by atoms with Gasteiger partial charge >= 0.3 is 0 Å². The van der Waals surface area contributed by atoms with E-state index in [4.69, 9.17) is 16.3 Å². The van der Waals surface area contributed by atoms with Gasteiger partial charge < -0.3 is 4.74 Å². The molecule has 1 aliphatic carbocycles. The minimum atomic E-state index is 0.357. The molecule has 1 aromatic carbocycles. The second-order valence-electron chi connectivity index (χ2n) is 5.91. The second-order valence-corrected chi connectivity index (χ2v) is 6.18. The zero-order chi connectivity index (χ0) is 14.8. The van der Waals surface area contributed by atoms with Gasteiger partial charge in [0.2, 0.25) is 5.88 Å². The molecule has 0 saturated heterocycles. The molecule has 1 aromatic heterocycles. The topological polar surface area (TPSA) is 22.1 Å². The van der Waals surface area contributed by atoms with Crippen molar-refractivity contribution < 1.29 is 4.74 Å². The van der Waals surface area contributed by atoms with E-state index in [9.17, 15) is 0 Å². The van der Waals surface area contributed by atoms with Gasteiger partial charge in [0.05, 0.1) is 0 Å². The standard InChI is InChI=1S/C18H20ClNO/c1-12(2)17-8-13(11-19)9-18(20-17)21-16-7-6-14-4-3-5-15(14)10-16/h6-10,12H,3-5,11H2,1-2H3. The number of benzene rings is 1. The highest BCUT2D eigenvalue weighted by molar-refractivity contribution is 6.17. The first-order valence-corrected chi connectivity index (χ1v) is 8.05. The minimum Gasteiger partial charge on any atom is -0.439 e. The number of aromatic nitrogens is 1. The van der Waals surface area contributed by atoms with Crippen molar-refractivity contribution in [2.24, 2.45) is 0 Å². The summed E-state index contributed by atoms with van der Waals surface area (Å²) in [6.07, 6.45) is 3.59. The van der Waals surface area contributed by atoms with E-state index in [1.807, 2.05) is 18.2 Å². The molecule has 0 N–H and O–H groups in total. The Morgan fingerprint density at radius 2 is 1.95 bits per heavy atom.